The van der Waals surface area contributed by atoms with Gasteiger partial charge in [-0.3, -0.25) is 4.90 Å². The van der Waals surface area contributed by atoms with E-state index in [9.17, 15) is 0 Å². The number of likely N-dealkylation sites (N-methyl/N-ethyl adjacent to an activating group) is 2. The van der Waals surface area contributed by atoms with Gasteiger partial charge in [-0.25, -0.2) is 0 Å². The second-order valence-electron chi connectivity index (χ2n) is 4.23. The third kappa shape index (κ3) is 5.21. The van der Waals surface area contributed by atoms with E-state index in [0.717, 1.165) is 19.6 Å². The van der Waals surface area contributed by atoms with E-state index in [1.807, 2.05) is 6.92 Å². The van der Waals surface area contributed by atoms with Crippen LogP contribution in [0, 0.1) is 17.2 Å². The molecule has 0 rings (SSSR count). The van der Waals surface area contributed by atoms with Gasteiger partial charge in [-0.05, 0) is 34.5 Å². The summed E-state index contributed by atoms with van der Waals surface area (Å²) in [5, 5.41) is 8.76. The first-order chi connectivity index (χ1) is 6.51. The summed E-state index contributed by atoms with van der Waals surface area (Å²) in [4.78, 5) is 4.54. The summed E-state index contributed by atoms with van der Waals surface area (Å²) in [7, 11) is 4.16. The van der Waals surface area contributed by atoms with E-state index in [0.29, 0.717) is 6.04 Å². The van der Waals surface area contributed by atoms with E-state index in [-0.39, 0.29) is 5.92 Å². The predicted octanol–water partition coefficient (Wildman–Crippen LogP) is 1.42. The van der Waals surface area contributed by atoms with E-state index in [4.69, 9.17) is 5.26 Å². The lowest BCUT2D eigenvalue weighted by Gasteiger charge is -2.30. The Morgan fingerprint density at radius 2 is 1.79 bits per heavy atom. The topological polar surface area (TPSA) is 30.3 Å². The molecule has 14 heavy (non-hydrogen) atoms. The molecule has 2 atom stereocenters. The van der Waals surface area contributed by atoms with E-state index >= 15 is 0 Å². The van der Waals surface area contributed by atoms with Gasteiger partial charge in [-0.15, -0.1) is 0 Å². The van der Waals surface area contributed by atoms with Crippen LogP contribution in [0.25, 0.3) is 0 Å². The summed E-state index contributed by atoms with van der Waals surface area (Å²) < 4.78 is 0. The van der Waals surface area contributed by atoms with Gasteiger partial charge in [0.25, 0.3) is 0 Å². The van der Waals surface area contributed by atoms with Crippen LogP contribution in [0.1, 0.15) is 20.8 Å². The summed E-state index contributed by atoms with van der Waals surface area (Å²) in [5.74, 6) is 0.125. The molecule has 0 aliphatic rings. The van der Waals surface area contributed by atoms with E-state index in [1.54, 1.807) is 0 Å². The Morgan fingerprint density at radius 3 is 2.14 bits per heavy atom. The van der Waals surface area contributed by atoms with Gasteiger partial charge < -0.3 is 4.90 Å². The van der Waals surface area contributed by atoms with Crippen molar-refractivity contribution in [3.63, 3.8) is 0 Å². The molecule has 3 heteroatoms. The van der Waals surface area contributed by atoms with Crippen molar-refractivity contribution in [3.8, 4) is 6.07 Å². The summed E-state index contributed by atoms with van der Waals surface area (Å²) in [5.41, 5.74) is 0. The van der Waals surface area contributed by atoms with Crippen molar-refractivity contribution in [3.05, 3.63) is 0 Å². The van der Waals surface area contributed by atoms with Gasteiger partial charge in [0.15, 0.2) is 0 Å². The Bertz CT molecular complexity index is 183. The Hall–Kier alpha value is -0.590. The van der Waals surface area contributed by atoms with Crippen LogP contribution in [0.4, 0.5) is 0 Å². The Kier molecular flexibility index (Phi) is 6.52. The van der Waals surface area contributed by atoms with Gasteiger partial charge in [0.2, 0.25) is 0 Å². The molecule has 0 saturated heterocycles. The zero-order chi connectivity index (χ0) is 11.1. The highest BCUT2D eigenvalue weighted by Gasteiger charge is 2.15. The molecule has 0 aliphatic heterocycles. The summed E-state index contributed by atoms with van der Waals surface area (Å²) in [6.07, 6.45) is 0. The van der Waals surface area contributed by atoms with E-state index in [1.165, 1.54) is 0 Å². The van der Waals surface area contributed by atoms with Crippen molar-refractivity contribution in [1.82, 2.24) is 9.80 Å². The maximum atomic E-state index is 8.76. The normalized spacial score (nSPS) is 15.6. The molecule has 3 nitrogen and oxygen atoms in total. The Labute approximate surface area is 88.3 Å². The highest BCUT2D eigenvalue weighted by Crippen LogP contribution is 2.04. The van der Waals surface area contributed by atoms with Gasteiger partial charge in [0.05, 0.1) is 12.0 Å². The fourth-order valence-electron chi connectivity index (χ4n) is 1.66. The minimum absolute atomic E-state index is 0.125. The molecule has 0 heterocycles. The van der Waals surface area contributed by atoms with Crippen molar-refractivity contribution in [1.29, 1.82) is 5.26 Å². The maximum absolute atomic E-state index is 8.76. The third-order valence-corrected chi connectivity index (χ3v) is 2.39. The SMILES string of the molecule is CCN(CC(C)C#N)C(C)CN(C)C. The standard InChI is InChI=1S/C11H23N3/c1-6-14(8-10(2)7-12)11(3)9-13(4)5/h10-11H,6,8-9H2,1-5H3. The predicted molar refractivity (Wildman–Crippen MR) is 60.0 cm³/mol. The zero-order valence-electron chi connectivity index (χ0n) is 10.1. The number of nitriles is 1. The number of rotatable bonds is 6. The molecule has 0 aliphatic carbocycles. The van der Waals surface area contributed by atoms with Gasteiger partial charge >= 0.3 is 0 Å². The molecule has 0 aromatic rings. The molecule has 0 aromatic heterocycles. The molecule has 0 saturated carbocycles. The van der Waals surface area contributed by atoms with Crippen LogP contribution in [-0.4, -0.2) is 49.6 Å². The van der Waals surface area contributed by atoms with Gasteiger partial charge in [-0.1, -0.05) is 6.92 Å². The summed E-state index contributed by atoms with van der Waals surface area (Å²) in [6.45, 7) is 9.28. The third-order valence-electron chi connectivity index (χ3n) is 2.39. The molecule has 0 radical (unpaired) electrons. The van der Waals surface area contributed by atoms with Crippen LogP contribution in [0.3, 0.4) is 0 Å². The van der Waals surface area contributed by atoms with Crippen molar-refractivity contribution < 1.29 is 0 Å². The smallest absolute Gasteiger partial charge is 0.0666 e. The average Bonchev–Trinajstić information content (AvgIpc) is 2.12. The summed E-state index contributed by atoms with van der Waals surface area (Å²) >= 11 is 0. The lowest BCUT2D eigenvalue weighted by molar-refractivity contribution is 0.171. The first-order valence-corrected chi connectivity index (χ1v) is 5.29. The Balaban J connectivity index is 4.06. The summed E-state index contributed by atoms with van der Waals surface area (Å²) in [6, 6.07) is 2.80. The molecule has 0 amide bonds. The molecule has 2 unspecified atom stereocenters. The lowest BCUT2D eigenvalue weighted by Crippen LogP contribution is -2.41. The van der Waals surface area contributed by atoms with Gasteiger partial charge in [-0.2, -0.15) is 5.26 Å². The van der Waals surface area contributed by atoms with Gasteiger partial charge in [0, 0.05) is 19.1 Å². The van der Waals surface area contributed by atoms with Crippen molar-refractivity contribution in [2.24, 2.45) is 5.92 Å². The van der Waals surface area contributed by atoms with Crippen molar-refractivity contribution in [2.75, 3.05) is 33.7 Å². The molecule has 0 fully saturated rings. The van der Waals surface area contributed by atoms with Crippen LogP contribution in [0.15, 0.2) is 0 Å². The second kappa shape index (κ2) is 6.80. The zero-order valence-corrected chi connectivity index (χ0v) is 10.1. The quantitative estimate of drug-likeness (QED) is 0.645. The van der Waals surface area contributed by atoms with Gasteiger partial charge in [0.1, 0.15) is 0 Å². The van der Waals surface area contributed by atoms with Crippen LogP contribution in [-0.2, 0) is 0 Å². The van der Waals surface area contributed by atoms with Crippen LogP contribution >= 0.6 is 0 Å². The fourth-order valence-corrected chi connectivity index (χ4v) is 1.66. The van der Waals surface area contributed by atoms with E-state index < -0.39 is 0 Å². The number of nitrogens with zero attached hydrogens (tertiary/aromatic N) is 3. The van der Waals surface area contributed by atoms with Crippen LogP contribution < -0.4 is 0 Å². The minimum atomic E-state index is 0.125. The average molecular weight is 197 g/mol. The fraction of sp³-hybridized carbons (Fsp3) is 0.909. The Morgan fingerprint density at radius 1 is 1.21 bits per heavy atom. The van der Waals surface area contributed by atoms with Crippen LogP contribution in [0.2, 0.25) is 0 Å². The number of hydrogen-bond acceptors (Lipinski definition) is 3. The lowest BCUT2D eigenvalue weighted by atomic mass is 10.1. The molecule has 0 aromatic carbocycles. The molecular formula is C11H23N3. The van der Waals surface area contributed by atoms with Crippen molar-refractivity contribution in [2.45, 2.75) is 26.8 Å². The monoisotopic (exact) mass is 197 g/mol. The largest absolute Gasteiger partial charge is 0.308 e. The first kappa shape index (κ1) is 13.4. The molecule has 0 N–H and O–H groups in total. The number of hydrogen-bond donors (Lipinski definition) is 0. The molecule has 0 bridgehead atoms. The molecule has 0 spiro atoms. The van der Waals surface area contributed by atoms with Crippen LogP contribution in [0.5, 0.6) is 0 Å². The minimum Gasteiger partial charge on any atom is -0.308 e. The highest BCUT2D eigenvalue weighted by atomic mass is 15.2. The highest BCUT2D eigenvalue weighted by molar-refractivity contribution is 4.83. The molecule has 82 valence electrons. The van der Waals surface area contributed by atoms with E-state index in [2.05, 4.69) is 43.8 Å². The van der Waals surface area contributed by atoms with Crippen molar-refractivity contribution >= 4 is 0 Å². The molecular weight excluding hydrogens is 174 g/mol. The second-order valence-corrected chi connectivity index (χ2v) is 4.23. The maximum Gasteiger partial charge on any atom is 0.0666 e. The first-order valence-electron chi connectivity index (χ1n) is 5.29.